The van der Waals surface area contributed by atoms with Gasteiger partial charge in [0.1, 0.15) is 5.78 Å². The van der Waals surface area contributed by atoms with Crippen LogP contribution in [-0.2, 0) is 4.79 Å². The summed E-state index contributed by atoms with van der Waals surface area (Å²) in [6.07, 6.45) is 12.5. The lowest BCUT2D eigenvalue weighted by molar-refractivity contribution is -0.201. The van der Waals surface area contributed by atoms with Gasteiger partial charge >= 0.3 is 0 Å². The van der Waals surface area contributed by atoms with E-state index in [1.54, 1.807) is 5.57 Å². The maximum Gasteiger partial charge on any atom is 0.137 e. The number of aliphatic hydroxyl groups excluding tert-OH is 1. The Morgan fingerprint density at radius 2 is 1.56 bits per heavy atom. The molecule has 0 aromatic heterocycles. The molecular formula is C30H48O2. The van der Waals surface area contributed by atoms with Gasteiger partial charge < -0.3 is 5.11 Å². The Morgan fingerprint density at radius 3 is 2.25 bits per heavy atom. The monoisotopic (exact) mass is 440 g/mol. The van der Waals surface area contributed by atoms with Crippen LogP contribution >= 0.6 is 0 Å². The van der Waals surface area contributed by atoms with Crippen LogP contribution in [0.4, 0.5) is 0 Å². The van der Waals surface area contributed by atoms with Crippen LogP contribution in [0.15, 0.2) is 11.6 Å². The Kier molecular flexibility index (Phi) is 4.71. The highest BCUT2D eigenvalue weighted by Gasteiger charge is 2.70. The fourth-order valence-corrected chi connectivity index (χ4v) is 10.4. The molecule has 5 rings (SSSR count). The van der Waals surface area contributed by atoms with Crippen molar-refractivity contribution in [2.45, 2.75) is 119 Å². The Labute approximate surface area is 197 Å². The summed E-state index contributed by atoms with van der Waals surface area (Å²) in [5.41, 5.74) is 2.40. The predicted octanol–water partition coefficient (Wildman–Crippen LogP) is 7.35. The lowest BCUT2D eigenvalue weighted by Gasteiger charge is -2.70. The molecule has 2 heteroatoms. The zero-order valence-electron chi connectivity index (χ0n) is 22.1. The van der Waals surface area contributed by atoms with Gasteiger partial charge in [-0.3, -0.25) is 4.79 Å². The summed E-state index contributed by atoms with van der Waals surface area (Å²) in [4.78, 5) is 14.0. The maximum atomic E-state index is 14.0. The maximum absolute atomic E-state index is 14.0. The van der Waals surface area contributed by atoms with E-state index in [0.29, 0.717) is 34.9 Å². The molecule has 5 aliphatic carbocycles. The number of hydrogen-bond acceptors (Lipinski definition) is 2. The van der Waals surface area contributed by atoms with Crippen molar-refractivity contribution >= 4 is 5.78 Å². The van der Waals surface area contributed by atoms with E-state index in [-0.39, 0.29) is 33.7 Å². The predicted molar refractivity (Wildman–Crippen MR) is 131 cm³/mol. The summed E-state index contributed by atoms with van der Waals surface area (Å²) >= 11 is 0. The Morgan fingerprint density at radius 1 is 0.906 bits per heavy atom. The van der Waals surface area contributed by atoms with E-state index in [9.17, 15) is 9.90 Å². The highest BCUT2D eigenvalue weighted by atomic mass is 16.3. The van der Waals surface area contributed by atoms with Crippen LogP contribution < -0.4 is 0 Å². The van der Waals surface area contributed by atoms with Gasteiger partial charge in [0.25, 0.3) is 0 Å². The lowest BCUT2D eigenvalue weighted by atomic mass is 9.33. The van der Waals surface area contributed by atoms with Gasteiger partial charge in [-0.2, -0.15) is 0 Å². The molecule has 0 aliphatic heterocycles. The first-order valence-corrected chi connectivity index (χ1v) is 13.5. The third-order valence-corrected chi connectivity index (χ3v) is 12.7. The van der Waals surface area contributed by atoms with Crippen LogP contribution in [0.1, 0.15) is 113 Å². The van der Waals surface area contributed by atoms with Crippen molar-refractivity contribution in [3.63, 3.8) is 0 Å². The third-order valence-electron chi connectivity index (χ3n) is 12.7. The summed E-state index contributed by atoms with van der Waals surface area (Å²) in [6.45, 7) is 19.3. The Hall–Kier alpha value is -0.630. The molecule has 5 aliphatic rings. The van der Waals surface area contributed by atoms with Crippen molar-refractivity contribution in [1.82, 2.24) is 0 Å². The van der Waals surface area contributed by atoms with Crippen LogP contribution in [0.5, 0.6) is 0 Å². The molecular weight excluding hydrogens is 392 g/mol. The van der Waals surface area contributed by atoms with E-state index >= 15 is 0 Å². The quantitative estimate of drug-likeness (QED) is 0.400. The minimum atomic E-state index is -0.362. The number of aliphatic hydroxyl groups is 1. The second-order valence-corrected chi connectivity index (χ2v) is 15.2. The van der Waals surface area contributed by atoms with Gasteiger partial charge in [-0.05, 0) is 90.3 Å². The number of fused-ring (bicyclic) bond motifs is 7. The van der Waals surface area contributed by atoms with Gasteiger partial charge in [0.2, 0.25) is 0 Å². The van der Waals surface area contributed by atoms with Crippen molar-refractivity contribution in [3.8, 4) is 0 Å². The molecule has 2 nitrogen and oxygen atoms in total. The molecule has 0 heterocycles. The Balaban J connectivity index is 1.61. The largest absolute Gasteiger partial charge is 0.393 e. The second kappa shape index (κ2) is 6.52. The average Bonchev–Trinajstić information content (AvgIpc) is 2.67. The van der Waals surface area contributed by atoms with E-state index in [2.05, 4.69) is 61.5 Å². The summed E-state index contributed by atoms with van der Waals surface area (Å²) in [5.74, 6) is 1.62. The molecule has 1 N–H and O–H groups in total. The number of ketones is 1. The normalized spacial score (nSPS) is 53.9. The number of carbonyl (C=O) groups is 1. The van der Waals surface area contributed by atoms with E-state index in [4.69, 9.17) is 0 Å². The third kappa shape index (κ3) is 2.71. The first-order chi connectivity index (χ1) is 14.6. The molecule has 0 amide bonds. The number of Topliss-reactive ketones (excluding diaryl/α,β-unsaturated/α-hetero) is 1. The SMILES string of the molecule is CC1(C)CC[C@]2(C)CC[C@]3(C)C(=CC[C@@H]4[C@@]5(C)CC[C@H](O)C(C)(C)[C@H]5C(=O)C[C@]43C)[C@@H]2C1. The first-order valence-electron chi connectivity index (χ1n) is 13.5. The minimum Gasteiger partial charge on any atom is -0.393 e. The van der Waals surface area contributed by atoms with Crippen molar-refractivity contribution in [2.75, 3.05) is 0 Å². The lowest BCUT2D eigenvalue weighted by Crippen LogP contribution is -2.67. The zero-order valence-corrected chi connectivity index (χ0v) is 22.1. The molecule has 0 bridgehead atoms. The van der Waals surface area contributed by atoms with Crippen molar-refractivity contribution in [2.24, 2.45) is 50.2 Å². The highest BCUT2D eigenvalue weighted by molar-refractivity contribution is 5.85. The number of carbonyl (C=O) groups excluding carboxylic acids is 1. The fraction of sp³-hybridized carbons (Fsp3) is 0.900. The fourth-order valence-electron chi connectivity index (χ4n) is 10.4. The van der Waals surface area contributed by atoms with Crippen LogP contribution in [0, 0.1) is 50.2 Å². The van der Waals surface area contributed by atoms with Gasteiger partial charge in [0.05, 0.1) is 6.10 Å². The zero-order chi connectivity index (χ0) is 23.5. The van der Waals surface area contributed by atoms with Crippen molar-refractivity contribution in [1.29, 1.82) is 0 Å². The molecule has 0 saturated heterocycles. The second-order valence-electron chi connectivity index (χ2n) is 15.2. The van der Waals surface area contributed by atoms with Crippen molar-refractivity contribution in [3.05, 3.63) is 11.6 Å². The molecule has 4 saturated carbocycles. The van der Waals surface area contributed by atoms with E-state index < -0.39 is 0 Å². The minimum absolute atomic E-state index is 0.00948. The molecule has 0 spiro atoms. The summed E-state index contributed by atoms with van der Waals surface area (Å²) < 4.78 is 0. The van der Waals surface area contributed by atoms with Gasteiger partial charge in [-0.1, -0.05) is 67.0 Å². The van der Waals surface area contributed by atoms with E-state index in [0.717, 1.165) is 19.3 Å². The van der Waals surface area contributed by atoms with Crippen LogP contribution in [0.2, 0.25) is 0 Å². The van der Waals surface area contributed by atoms with Crippen LogP contribution in [0.3, 0.4) is 0 Å². The topological polar surface area (TPSA) is 37.3 Å². The molecule has 4 fully saturated rings. The molecule has 0 aromatic carbocycles. The molecule has 0 unspecified atom stereocenters. The summed E-state index contributed by atoms with van der Waals surface area (Å²) in [5, 5.41) is 10.8. The molecule has 180 valence electrons. The smallest absolute Gasteiger partial charge is 0.137 e. The number of rotatable bonds is 0. The highest BCUT2D eigenvalue weighted by Crippen LogP contribution is 2.75. The van der Waals surface area contributed by atoms with E-state index in [1.165, 1.54) is 32.1 Å². The van der Waals surface area contributed by atoms with Gasteiger partial charge in [0.15, 0.2) is 0 Å². The van der Waals surface area contributed by atoms with Gasteiger partial charge in [0, 0.05) is 17.8 Å². The number of hydrogen-bond donors (Lipinski definition) is 1. The van der Waals surface area contributed by atoms with Crippen molar-refractivity contribution < 1.29 is 9.90 Å². The van der Waals surface area contributed by atoms with Gasteiger partial charge in [-0.15, -0.1) is 0 Å². The molecule has 0 aromatic rings. The molecule has 8 atom stereocenters. The summed E-state index contributed by atoms with van der Waals surface area (Å²) in [6, 6.07) is 0. The summed E-state index contributed by atoms with van der Waals surface area (Å²) in [7, 11) is 0. The first kappa shape index (κ1) is 23.1. The Bertz CT molecular complexity index is 866. The van der Waals surface area contributed by atoms with Crippen LogP contribution in [0.25, 0.3) is 0 Å². The van der Waals surface area contributed by atoms with Gasteiger partial charge in [-0.25, -0.2) is 0 Å². The number of allylic oxidation sites excluding steroid dienone is 2. The van der Waals surface area contributed by atoms with Crippen LogP contribution in [-0.4, -0.2) is 17.0 Å². The standard InChI is InChI=1S/C30H48O2/c1-25(2)13-14-27(5)15-16-29(7)19(20(27)17-25)9-10-22-28(6)12-11-23(32)26(3,4)24(28)21(31)18-30(22,29)8/h9,20,22-24,32H,10-18H2,1-8H3/t20-,22+,23-,24+,27+,28+,29+,30+/m0/s1. The molecule has 32 heavy (non-hydrogen) atoms. The molecule has 0 radical (unpaired) electrons. The average molecular weight is 441 g/mol. The van der Waals surface area contributed by atoms with E-state index in [1.807, 2.05) is 0 Å².